The van der Waals surface area contributed by atoms with Crippen molar-refractivity contribution in [3.63, 3.8) is 0 Å². The van der Waals surface area contributed by atoms with Crippen molar-refractivity contribution in [1.82, 2.24) is 0 Å². The summed E-state index contributed by atoms with van der Waals surface area (Å²) in [5, 5.41) is 9.19. The highest BCUT2D eigenvalue weighted by molar-refractivity contribution is 5.23. The van der Waals surface area contributed by atoms with Crippen molar-refractivity contribution in [3.05, 3.63) is 37.1 Å². The summed E-state index contributed by atoms with van der Waals surface area (Å²) >= 11 is 0. The number of aliphatic hydroxyl groups is 1. The summed E-state index contributed by atoms with van der Waals surface area (Å²) in [6, 6.07) is 0. The van der Waals surface area contributed by atoms with E-state index in [0.717, 1.165) is 0 Å². The second-order valence-corrected chi connectivity index (χ2v) is 1.85. The Morgan fingerprint density at radius 3 is 2.40 bits per heavy atom. The van der Waals surface area contributed by atoms with Gasteiger partial charge in [0.05, 0.1) is 7.11 Å². The largest absolute Gasteiger partial charge is 0.499 e. The summed E-state index contributed by atoms with van der Waals surface area (Å²) < 4.78 is 4.68. The van der Waals surface area contributed by atoms with Gasteiger partial charge >= 0.3 is 0 Å². The molecule has 0 rings (SSSR count). The lowest BCUT2D eigenvalue weighted by atomic mass is 10.1. The van der Waals surface area contributed by atoms with E-state index in [-0.39, 0.29) is 5.76 Å². The zero-order chi connectivity index (χ0) is 8.15. The zero-order valence-electron chi connectivity index (χ0n) is 6.13. The molecule has 0 aliphatic rings. The van der Waals surface area contributed by atoms with Gasteiger partial charge in [-0.3, -0.25) is 0 Å². The first-order valence-corrected chi connectivity index (χ1v) is 2.85. The van der Waals surface area contributed by atoms with Crippen molar-refractivity contribution in [2.45, 2.75) is 6.10 Å². The lowest BCUT2D eigenvalue weighted by Crippen LogP contribution is -2.11. The van der Waals surface area contributed by atoms with E-state index in [1.54, 1.807) is 0 Å². The van der Waals surface area contributed by atoms with Crippen molar-refractivity contribution in [3.8, 4) is 0 Å². The number of aliphatic hydroxyl groups excluding tert-OH is 1. The van der Waals surface area contributed by atoms with Gasteiger partial charge in [-0.25, -0.2) is 0 Å². The molecule has 2 heteroatoms. The molecule has 0 aromatic rings. The number of ether oxygens (including phenoxy) is 1. The first-order chi connectivity index (χ1) is 4.63. The number of hydrogen-bond donors (Lipinski definition) is 1. The molecule has 0 aliphatic heterocycles. The molecule has 0 fully saturated rings. The van der Waals surface area contributed by atoms with Gasteiger partial charge in [0.25, 0.3) is 0 Å². The maximum atomic E-state index is 9.19. The third kappa shape index (κ3) is 2.07. The summed E-state index contributed by atoms with van der Waals surface area (Å²) in [4.78, 5) is 0. The minimum Gasteiger partial charge on any atom is -0.499 e. The van der Waals surface area contributed by atoms with Gasteiger partial charge in [0.1, 0.15) is 11.9 Å². The van der Waals surface area contributed by atoms with E-state index in [2.05, 4.69) is 24.5 Å². The maximum Gasteiger partial charge on any atom is 0.135 e. The van der Waals surface area contributed by atoms with Crippen molar-refractivity contribution in [1.29, 1.82) is 0 Å². The first kappa shape index (κ1) is 8.98. The fraction of sp³-hybridized carbons (Fsp3) is 0.250. The zero-order valence-corrected chi connectivity index (χ0v) is 6.13. The van der Waals surface area contributed by atoms with Crippen molar-refractivity contribution < 1.29 is 9.84 Å². The summed E-state index contributed by atoms with van der Waals surface area (Å²) in [6.45, 7) is 10.4. The minimum absolute atomic E-state index is 0.282. The molecule has 1 atom stereocenters. The second kappa shape index (κ2) is 3.90. The topological polar surface area (TPSA) is 29.5 Å². The maximum absolute atomic E-state index is 9.19. The van der Waals surface area contributed by atoms with Gasteiger partial charge in [0.2, 0.25) is 0 Å². The van der Waals surface area contributed by atoms with Crippen LogP contribution in [0.15, 0.2) is 37.1 Å². The van der Waals surface area contributed by atoms with Crippen molar-refractivity contribution >= 4 is 0 Å². The van der Waals surface area contributed by atoms with Crippen LogP contribution in [0.2, 0.25) is 0 Å². The highest BCUT2D eigenvalue weighted by Gasteiger charge is 2.09. The highest BCUT2D eigenvalue weighted by Crippen LogP contribution is 2.09. The standard InChI is InChI=1S/C8H12O2/c1-5-6(2)8(9)7(3)10-4/h5,8-9H,1-3H2,4H3. The third-order valence-corrected chi connectivity index (χ3v) is 1.18. The average molecular weight is 140 g/mol. The molecule has 10 heavy (non-hydrogen) atoms. The number of methoxy groups -OCH3 is 1. The van der Waals surface area contributed by atoms with E-state index in [0.29, 0.717) is 5.57 Å². The molecule has 0 spiro atoms. The van der Waals surface area contributed by atoms with E-state index in [1.165, 1.54) is 13.2 Å². The Balaban J connectivity index is 4.06. The summed E-state index contributed by atoms with van der Waals surface area (Å²) in [5.41, 5.74) is 0.492. The molecule has 1 N–H and O–H groups in total. The van der Waals surface area contributed by atoms with E-state index in [1.807, 2.05) is 0 Å². The Morgan fingerprint density at radius 1 is 1.60 bits per heavy atom. The molecular formula is C8H12O2. The molecule has 1 unspecified atom stereocenters. The summed E-state index contributed by atoms with van der Waals surface area (Å²) in [7, 11) is 1.45. The van der Waals surface area contributed by atoms with Crippen molar-refractivity contribution in [2.24, 2.45) is 0 Å². The van der Waals surface area contributed by atoms with Crippen LogP contribution < -0.4 is 0 Å². The second-order valence-electron chi connectivity index (χ2n) is 1.85. The molecule has 0 heterocycles. The minimum atomic E-state index is -0.831. The molecule has 0 bridgehead atoms. The quantitative estimate of drug-likeness (QED) is 0.470. The molecule has 0 aromatic heterocycles. The Hall–Kier alpha value is -1.02. The van der Waals surface area contributed by atoms with Crippen molar-refractivity contribution in [2.75, 3.05) is 7.11 Å². The van der Waals surface area contributed by atoms with Gasteiger partial charge in [-0.15, -0.1) is 0 Å². The molecule has 0 aliphatic carbocycles. The predicted molar refractivity (Wildman–Crippen MR) is 41.5 cm³/mol. The van der Waals surface area contributed by atoms with Crippen LogP contribution >= 0.6 is 0 Å². The molecule has 56 valence electrons. The van der Waals surface area contributed by atoms with Gasteiger partial charge in [-0.05, 0) is 5.57 Å². The van der Waals surface area contributed by atoms with Gasteiger partial charge in [-0.2, -0.15) is 0 Å². The van der Waals surface area contributed by atoms with Gasteiger partial charge in [0, 0.05) is 0 Å². The highest BCUT2D eigenvalue weighted by atomic mass is 16.5. The van der Waals surface area contributed by atoms with Gasteiger partial charge in [0.15, 0.2) is 0 Å². The molecule has 0 saturated carbocycles. The monoisotopic (exact) mass is 140 g/mol. The van der Waals surface area contributed by atoms with Crippen LogP contribution in [0, 0.1) is 0 Å². The third-order valence-electron chi connectivity index (χ3n) is 1.18. The number of rotatable bonds is 4. The van der Waals surface area contributed by atoms with Crippen LogP contribution in [0.5, 0.6) is 0 Å². The van der Waals surface area contributed by atoms with Crippen LogP contribution in [0.1, 0.15) is 0 Å². The molecule has 0 amide bonds. The lowest BCUT2D eigenvalue weighted by molar-refractivity contribution is 0.157. The van der Waals surface area contributed by atoms with Crippen LogP contribution in [-0.2, 0) is 4.74 Å². The van der Waals surface area contributed by atoms with Crippen LogP contribution in [-0.4, -0.2) is 18.3 Å². The Morgan fingerprint density at radius 2 is 2.10 bits per heavy atom. The SMILES string of the molecule is C=CC(=C)C(O)C(=C)OC. The lowest BCUT2D eigenvalue weighted by Gasteiger charge is -2.11. The summed E-state index contributed by atoms with van der Waals surface area (Å²) in [6.07, 6.45) is 0.636. The van der Waals surface area contributed by atoms with E-state index in [9.17, 15) is 5.11 Å². The molecule has 0 aromatic carbocycles. The van der Waals surface area contributed by atoms with Gasteiger partial charge in [-0.1, -0.05) is 25.8 Å². The van der Waals surface area contributed by atoms with Crippen LogP contribution in [0.4, 0.5) is 0 Å². The fourth-order valence-electron chi connectivity index (χ4n) is 0.430. The van der Waals surface area contributed by atoms with Gasteiger partial charge < -0.3 is 9.84 Å². The fourth-order valence-corrected chi connectivity index (χ4v) is 0.430. The first-order valence-electron chi connectivity index (χ1n) is 2.85. The predicted octanol–water partition coefficient (Wildman–Crippen LogP) is 1.25. The van der Waals surface area contributed by atoms with E-state index < -0.39 is 6.10 Å². The number of hydrogen-bond acceptors (Lipinski definition) is 2. The van der Waals surface area contributed by atoms with Crippen LogP contribution in [0.3, 0.4) is 0 Å². The Labute approximate surface area is 61.1 Å². The summed E-state index contributed by atoms with van der Waals surface area (Å²) in [5.74, 6) is 0.282. The molecule has 0 saturated heterocycles. The smallest absolute Gasteiger partial charge is 0.135 e. The van der Waals surface area contributed by atoms with E-state index in [4.69, 9.17) is 0 Å². The average Bonchev–Trinajstić information content (AvgIpc) is 2.00. The molecule has 2 nitrogen and oxygen atoms in total. The van der Waals surface area contributed by atoms with Crippen LogP contribution in [0.25, 0.3) is 0 Å². The Kier molecular flexibility index (Phi) is 3.51. The normalized spacial score (nSPS) is 11.8. The Bertz CT molecular complexity index is 159. The van der Waals surface area contributed by atoms with E-state index >= 15 is 0 Å². The molecular weight excluding hydrogens is 128 g/mol. The molecule has 0 radical (unpaired) electrons.